The summed E-state index contributed by atoms with van der Waals surface area (Å²) in [4.78, 5) is 46.2. The smallest absolute Gasteiger partial charge is 0.238 e. The van der Waals surface area contributed by atoms with Crippen LogP contribution in [0.1, 0.15) is 56.3 Å². The minimum absolute atomic E-state index is 0.223. The van der Waals surface area contributed by atoms with Gasteiger partial charge in [0.25, 0.3) is 0 Å². The molecule has 1 spiro atoms. The molecule has 1 N–H and O–H groups in total. The number of anilines is 2. The van der Waals surface area contributed by atoms with Crippen LogP contribution in [0.25, 0.3) is 6.08 Å². The van der Waals surface area contributed by atoms with Crippen LogP contribution in [0.4, 0.5) is 11.4 Å². The molecular formula is C37H31ClN2O3. The average molecular weight is 587 g/mol. The van der Waals surface area contributed by atoms with Crippen molar-refractivity contribution in [3.8, 4) is 0 Å². The first-order chi connectivity index (χ1) is 20.8. The van der Waals surface area contributed by atoms with Crippen molar-refractivity contribution >= 4 is 46.5 Å². The summed E-state index contributed by atoms with van der Waals surface area (Å²) in [5.74, 6) is -1.72. The van der Waals surface area contributed by atoms with Gasteiger partial charge in [-0.1, -0.05) is 91.2 Å². The number of nitrogens with one attached hydrogen (secondary N) is 1. The summed E-state index contributed by atoms with van der Waals surface area (Å²) in [6, 6.07) is 26.5. The largest absolute Gasteiger partial charge is 0.352 e. The average Bonchev–Trinajstić information content (AvgIpc) is 3.49. The van der Waals surface area contributed by atoms with Crippen LogP contribution < -0.4 is 10.2 Å². The van der Waals surface area contributed by atoms with Gasteiger partial charge in [0.15, 0.2) is 11.6 Å². The summed E-state index contributed by atoms with van der Waals surface area (Å²) in [6.07, 6.45) is 5.93. The highest BCUT2D eigenvalue weighted by Crippen LogP contribution is 2.58. The van der Waals surface area contributed by atoms with Crippen LogP contribution in [-0.2, 0) is 16.6 Å². The van der Waals surface area contributed by atoms with E-state index in [0.717, 1.165) is 40.8 Å². The molecule has 43 heavy (non-hydrogen) atoms. The second-order valence-corrected chi connectivity index (χ2v) is 12.2. The Bertz CT molecular complexity index is 1810. The monoisotopic (exact) mass is 586 g/mol. The summed E-state index contributed by atoms with van der Waals surface area (Å²) in [5, 5.41) is 3.60. The summed E-state index contributed by atoms with van der Waals surface area (Å²) in [7, 11) is 0. The van der Waals surface area contributed by atoms with Crippen molar-refractivity contribution < 1.29 is 14.4 Å². The fourth-order valence-electron chi connectivity index (χ4n) is 7.39. The first-order valence-electron chi connectivity index (χ1n) is 14.8. The summed E-state index contributed by atoms with van der Waals surface area (Å²) in [5.41, 5.74) is 5.01. The maximum Gasteiger partial charge on any atom is 0.238 e. The van der Waals surface area contributed by atoms with Crippen LogP contribution in [-0.4, -0.2) is 29.6 Å². The minimum atomic E-state index is -1.33. The van der Waals surface area contributed by atoms with Gasteiger partial charge in [0.05, 0.1) is 12.0 Å². The molecule has 3 aliphatic heterocycles. The normalized spacial score (nSPS) is 23.1. The van der Waals surface area contributed by atoms with Gasteiger partial charge in [-0.3, -0.25) is 14.4 Å². The highest BCUT2D eigenvalue weighted by Gasteiger charge is 2.70. The number of aryl methyl sites for hydroxylation is 2. The van der Waals surface area contributed by atoms with Gasteiger partial charge in [-0.15, -0.1) is 0 Å². The fourth-order valence-corrected chi connectivity index (χ4v) is 7.51. The van der Waals surface area contributed by atoms with E-state index >= 15 is 0 Å². The van der Waals surface area contributed by atoms with Crippen LogP contribution in [0.3, 0.4) is 0 Å². The van der Waals surface area contributed by atoms with Crippen molar-refractivity contribution in [1.29, 1.82) is 0 Å². The molecule has 0 unspecified atom stereocenters. The van der Waals surface area contributed by atoms with Crippen LogP contribution in [0, 0.1) is 12.8 Å². The molecule has 0 saturated carbocycles. The third-order valence-electron chi connectivity index (χ3n) is 9.25. The number of Topliss-reactive ketones (excluding diaryl/α,β-unsaturated/α-hetero) is 2. The molecule has 0 radical (unpaired) electrons. The predicted octanol–water partition coefficient (Wildman–Crippen LogP) is 7.46. The zero-order valence-electron chi connectivity index (χ0n) is 24.0. The Hall–Kier alpha value is -4.48. The van der Waals surface area contributed by atoms with Crippen LogP contribution in [0.2, 0.25) is 5.02 Å². The zero-order valence-corrected chi connectivity index (χ0v) is 24.8. The summed E-state index contributed by atoms with van der Waals surface area (Å²) >= 11 is 6.20. The SMILES string of the molecule is CCCc1ccc(C(=O)[C@@H]2[C@H](C(=O)c3ccc(Cl)cc3)N3c4ccc(C)cc4C=C[C@H]3[C@]23C(=O)Nc2ccccc23)cc1. The number of fused-ring (bicyclic) bond motifs is 6. The number of hydrogen-bond acceptors (Lipinski definition) is 4. The molecule has 1 saturated heterocycles. The molecule has 4 aromatic carbocycles. The molecule has 1 amide bonds. The Kier molecular flexibility index (Phi) is 6.59. The van der Waals surface area contributed by atoms with Crippen LogP contribution in [0.15, 0.2) is 97.1 Å². The molecule has 214 valence electrons. The Labute approximate surface area is 256 Å². The summed E-state index contributed by atoms with van der Waals surface area (Å²) < 4.78 is 0. The zero-order chi connectivity index (χ0) is 29.9. The van der Waals surface area contributed by atoms with E-state index in [1.165, 1.54) is 0 Å². The van der Waals surface area contributed by atoms with Gasteiger partial charge in [-0.2, -0.15) is 0 Å². The van der Waals surface area contributed by atoms with E-state index in [4.69, 9.17) is 11.6 Å². The Morgan fingerprint density at radius 2 is 1.60 bits per heavy atom. The van der Waals surface area contributed by atoms with Gasteiger partial charge in [0.1, 0.15) is 11.5 Å². The van der Waals surface area contributed by atoms with Crippen molar-refractivity contribution in [2.75, 3.05) is 10.2 Å². The molecule has 5 nitrogen and oxygen atoms in total. The quantitative estimate of drug-likeness (QED) is 0.238. The maximum atomic E-state index is 14.9. The number of para-hydroxylation sites is 1. The molecule has 0 aromatic heterocycles. The Balaban J connectivity index is 1.50. The van der Waals surface area contributed by atoms with Crippen molar-refractivity contribution in [3.05, 3.63) is 135 Å². The number of amides is 1. The number of nitrogens with zero attached hydrogens (tertiary/aromatic N) is 1. The molecule has 0 bridgehead atoms. The van der Waals surface area contributed by atoms with E-state index in [2.05, 4.69) is 18.3 Å². The van der Waals surface area contributed by atoms with Crippen LogP contribution in [0.5, 0.6) is 0 Å². The second kappa shape index (κ2) is 10.4. The van der Waals surface area contributed by atoms with E-state index in [1.54, 1.807) is 24.3 Å². The van der Waals surface area contributed by atoms with Gasteiger partial charge in [-0.05, 0) is 72.5 Å². The lowest BCUT2D eigenvalue weighted by molar-refractivity contribution is -0.121. The third kappa shape index (κ3) is 4.09. The lowest BCUT2D eigenvalue weighted by Crippen LogP contribution is -2.51. The number of ketones is 2. The number of halogens is 1. The fraction of sp³-hybridized carbons (Fsp3) is 0.216. The number of carbonyl (C=O) groups excluding carboxylic acids is 3. The molecule has 3 aliphatic rings. The molecule has 0 aliphatic carbocycles. The Morgan fingerprint density at radius 3 is 2.35 bits per heavy atom. The minimum Gasteiger partial charge on any atom is -0.352 e. The molecule has 4 aromatic rings. The van der Waals surface area contributed by atoms with Gasteiger partial charge in [0.2, 0.25) is 5.91 Å². The van der Waals surface area contributed by atoms with Crippen molar-refractivity contribution in [1.82, 2.24) is 0 Å². The lowest BCUT2D eigenvalue weighted by atomic mass is 9.64. The van der Waals surface area contributed by atoms with Gasteiger partial charge in [-0.25, -0.2) is 0 Å². The third-order valence-corrected chi connectivity index (χ3v) is 9.50. The highest BCUT2D eigenvalue weighted by molar-refractivity contribution is 6.30. The first-order valence-corrected chi connectivity index (χ1v) is 15.1. The number of benzene rings is 4. The van der Waals surface area contributed by atoms with E-state index in [0.29, 0.717) is 21.8 Å². The number of carbonyl (C=O) groups is 3. The molecule has 1 fully saturated rings. The predicted molar refractivity (Wildman–Crippen MR) is 171 cm³/mol. The van der Waals surface area contributed by atoms with Gasteiger partial charge < -0.3 is 10.2 Å². The molecule has 7 rings (SSSR count). The topological polar surface area (TPSA) is 66.5 Å². The second-order valence-electron chi connectivity index (χ2n) is 11.7. The lowest BCUT2D eigenvalue weighted by Gasteiger charge is -2.37. The molecular weight excluding hydrogens is 556 g/mol. The molecule has 3 heterocycles. The van der Waals surface area contributed by atoms with Crippen LogP contribution >= 0.6 is 11.6 Å². The first kappa shape index (κ1) is 27.4. The number of hydrogen-bond donors (Lipinski definition) is 1. The van der Waals surface area contributed by atoms with Crippen molar-refractivity contribution in [2.24, 2.45) is 5.92 Å². The molecule has 4 atom stereocenters. The summed E-state index contributed by atoms with van der Waals surface area (Å²) in [6.45, 7) is 4.14. The molecule has 6 heteroatoms. The van der Waals surface area contributed by atoms with Crippen molar-refractivity contribution in [2.45, 2.75) is 44.2 Å². The van der Waals surface area contributed by atoms with E-state index in [1.807, 2.05) is 84.6 Å². The standard InChI is InChI=1S/C37H31ClN2O3/c1-3-6-23-10-12-24(13-11-23)34(41)32-33(35(42)25-14-17-27(38)18-15-25)40-30-19-9-22(2)21-26(30)16-20-31(40)37(32)28-7-4-5-8-29(28)39-36(37)43/h4-5,7-21,31-33H,3,6H2,1-2H3,(H,39,43)/t31-,32-,33+,37-/m0/s1. The van der Waals surface area contributed by atoms with Crippen molar-refractivity contribution in [3.63, 3.8) is 0 Å². The van der Waals surface area contributed by atoms with E-state index < -0.39 is 23.4 Å². The number of rotatable bonds is 6. The van der Waals surface area contributed by atoms with Gasteiger partial charge in [0, 0.05) is 27.5 Å². The highest BCUT2D eigenvalue weighted by atomic mass is 35.5. The Morgan fingerprint density at radius 1 is 0.907 bits per heavy atom. The maximum absolute atomic E-state index is 14.9. The van der Waals surface area contributed by atoms with E-state index in [9.17, 15) is 14.4 Å². The van der Waals surface area contributed by atoms with Gasteiger partial charge >= 0.3 is 0 Å². The van der Waals surface area contributed by atoms with E-state index in [-0.39, 0.29) is 17.5 Å².